The Morgan fingerprint density at radius 1 is 1.13 bits per heavy atom. The molecule has 0 radical (unpaired) electrons. The molecule has 9 heteroatoms. The smallest absolute Gasteiger partial charge is 0.359 e. The van der Waals surface area contributed by atoms with Crippen molar-refractivity contribution in [1.82, 2.24) is 4.98 Å². The molecule has 0 aliphatic rings. The average molecular weight is 470 g/mol. The summed E-state index contributed by atoms with van der Waals surface area (Å²) in [4.78, 5) is 15.4. The van der Waals surface area contributed by atoms with E-state index >= 15 is 0 Å². The molecule has 0 saturated heterocycles. The first-order valence-electron chi connectivity index (χ1n) is 9.88. The van der Waals surface area contributed by atoms with Crippen molar-refractivity contribution in [3.63, 3.8) is 0 Å². The number of nitrogens with one attached hydrogen (secondary N) is 3. The third kappa shape index (κ3) is 7.40. The molecule has 3 N–H and O–H groups in total. The Bertz CT molecular complexity index is 1020. The minimum atomic E-state index is -4.17. The number of aromatic nitrogens is 1. The predicted molar refractivity (Wildman–Crippen MR) is 123 cm³/mol. The van der Waals surface area contributed by atoms with Crippen LogP contribution in [0.3, 0.4) is 0 Å². The molecule has 1 heterocycles. The summed E-state index contributed by atoms with van der Waals surface area (Å²) in [5, 5.41) is 6.56. The third-order valence-corrected chi connectivity index (χ3v) is 5.91. The Kier molecular flexibility index (Phi) is 7.78. The van der Waals surface area contributed by atoms with Crippen LogP contribution in [0.25, 0.3) is 10.9 Å². The Hall–Kier alpha value is -2.32. The third-order valence-electron chi connectivity index (χ3n) is 4.76. The number of carbonyl (C=O) groups excluding carboxylic acids is 1. The summed E-state index contributed by atoms with van der Waals surface area (Å²) in [5.74, 6) is 0. The lowest BCUT2D eigenvalue weighted by atomic mass is 10.1. The number of hydrogen-bond donors (Lipinski definition) is 3. The number of carbonyl (C=O) groups is 1. The molecule has 0 saturated carbocycles. The lowest BCUT2D eigenvalue weighted by Crippen LogP contribution is -2.19. The van der Waals surface area contributed by atoms with Gasteiger partial charge in [0, 0.05) is 33.1 Å². The second-order valence-corrected chi connectivity index (χ2v) is 9.23. The van der Waals surface area contributed by atoms with Crippen LogP contribution in [0.15, 0.2) is 48.7 Å². The summed E-state index contributed by atoms with van der Waals surface area (Å²) in [7, 11) is 0. The van der Waals surface area contributed by atoms with E-state index in [0.717, 1.165) is 35.7 Å². The predicted octanol–water partition coefficient (Wildman–Crippen LogP) is 7.82. The molecule has 2 amide bonds. The average Bonchev–Trinajstić information content (AvgIpc) is 3.07. The highest BCUT2D eigenvalue weighted by atomic mass is 35.5. The van der Waals surface area contributed by atoms with E-state index in [9.17, 15) is 18.0 Å². The van der Waals surface area contributed by atoms with Gasteiger partial charge in [0.15, 0.2) is 0 Å². The lowest BCUT2D eigenvalue weighted by Gasteiger charge is -2.13. The van der Waals surface area contributed by atoms with Gasteiger partial charge >= 0.3 is 11.5 Å². The fourth-order valence-corrected chi connectivity index (χ4v) is 4.20. The number of fused-ring (bicyclic) bond motifs is 1. The van der Waals surface area contributed by atoms with Gasteiger partial charge in [-0.2, -0.15) is 13.2 Å². The monoisotopic (exact) mass is 469 g/mol. The number of amides is 2. The summed E-state index contributed by atoms with van der Waals surface area (Å²) < 4.78 is 37.0. The van der Waals surface area contributed by atoms with E-state index < -0.39 is 10.8 Å². The quantitative estimate of drug-likeness (QED) is 0.294. The van der Waals surface area contributed by atoms with Crippen LogP contribution in [-0.2, 0) is 6.42 Å². The van der Waals surface area contributed by atoms with Crippen LogP contribution < -0.4 is 10.6 Å². The minimum absolute atomic E-state index is 0.0581. The Morgan fingerprint density at radius 3 is 2.58 bits per heavy atom. The molecule has 0 spiro atoms. The van der Waals surface area contributed by atoms with Crippen molar-refractivity contribution in [3.8, 4) is 0 Å². The van der Waals surface area contributed by atoms with Crippen molar-refractivity contribution in [2.45, 2.75) is 43.4 Å². The maximum atomic E-state index is 12.3. The number of aryl methyl sites for hydroxylation is 1. The number of anilines is 2. The number of aromatic amines is 1. The van der Waals surface area contributed by atoms with Crippen LogP contribution >= 0.6 is 23.4 Å². The highest BCUT2D eigenvalue weighted by molar-refractivity contribution is 8.00. The molecule has 0 fully saturated rings. The van der Waals surface area contributed by atoms with Gasteiger partial charge in [-0.3, -0.25) is 0 Å². The van der Waals surface area contributed by atoms with Crippen LogP contribution in [-0.4, -0.2) is 21.8 Å². The van der Waals surface area contributed by atoms with Crippen molar-refractivity contribution in [2.75, 3.05) is 10.6 Å². The van der Waals surface area contributed by atoms with Crippen molar-refractivity contribution in [2.24, 2.45) is 0 Å². The van der Waals surface area contributed by atoms with Crippen LogP contribution in [0.1, 0.15) is 31.7 Å². The van der Waals surface area contributed by atoms with Crippen molar-refractivity contribution < 1.29 is 18.0 Å². The molecule has 3 rings (SSSR count). The second-order valence-electron chi connectivity index (χ2n) is 7.29. The summed E-state index contributed by atoms with van der Waals surface area (Å²) >= 11 is 6.08. The molecule has 31 heavy (non-hydrogen) atoms. The molecular formula is C22H23ClF3N3OS. The molecular weight excluding hydrogens is 447 g/mol. The maximum Gasteiger partial charge on any atom is 0.442 e. The number of unbranched alkanes of at least 4 members (excludes halogenated alkanes) is 1. The zero-order chi connectivity index (χ0) is 22.4. The SMILES string of the molecule is CC(CCCCc1ccc(NC(=O)Nc2c[nH]c3ccc(Cl)cc23)cc1)SC(F)(F)F. The number of benzene rings is 2. The summed E-state index contributed by atoms with van der Waals surface area (Å²) in [6.07, 6.45) is 4.58. The normalized spacial score (nSPS) is 12.7. The van der Waals surface area contributed by atoms with Gasteiger partial charge in [0.05, 0.1) is 5.69 Å². The molecule has 3 aromatic rings. The second kappa shape index (κ2) is 10.3. The Balaban J connectivity index is 1.44. The van der Waals surface area contributed by atoms with Crippen molar-refractivity contribution >= 4 is 51.7 Å². The summed E-state index contributed by atoms with van der Waals surface area (Å²) in [6, 6.07) is 12.5. The molecule has 1 aromatic heterocycles. The van der Waals surface area contributed by atoms with E-state index in [4.69, 9.17) is 11.6 Å². The van der Waals surface area contributed by atoms with Gasteiger partial charge in [0.1, 0.15) is 0 Å². The molecule has 0 bridgehead atoms. The molecule has 1 atom stereocenters. The van der Waals surface area contributed by atoms with Gasteiger partial charge < -0.3 is 15.6 Å². The van der Waals surface area contributed by atoms with Crippen LogP contribution in [0.4, 0.5) is 29.3 Å². The molecule has 0 aliphatic heterocycles. The molecule has 0 aliphatic carbocycles. The molecule has 166 valence electrons. The first-order valence-corrected chi connectivity index (χ1v) is 11.1. The number of alkyl halides is 3. The molecule has 1 unspecified atom stereocenters. The first-order chi connectivity index (χ1) is 14.7. The van der Waals surface area contributed by atoms with E-state index in [1.165, 1.54) is 0 Å². The van der Waals surface area contributed by atoms with Gasteiger partial charge in [-0.1, -0.05) is 37.1 Å². The fraction of sp³-hybridized carbons (Fsp3) is 0.318. The van der Waals surface area contributed by atoms with E-state index in [1.54, 1.807) is 25.3 Å². The Morgan fingerprint density at radius 2 is 1.87 bits per heavy atom. The van der Waals surface area contributed by atoms with Gasteiger partial charge in [-0.25, -0.2) is 4.79 Å². The van der Waals surface area contributed by atoms with Gasteiger partial charge in [0.2, 0.25) is 0 Å². The van der Waals surface area contributed by atoms with Gasteiger partial charge in [0.25, 0.3) is 0 Å². The Labute approximate surface area is 187 Å². The number of urea groups is 1. The highest BCUT2D eigenvalue weighted by Crippen LogP contribution is 2.35. The zero-order valence-electron chi connectivity index (χ0n) is 16.9. The topological polar surface area (TPSA) is 56.9 Å². The van der Waals surface area contributed by atoms with Gasteiger partial charge in [-0.05, 0) is 66.9 Å². The lowest BCUT2D eigenvalue weighted by molar-refractivity contribution is -0.0333. The number of halogens is 4. The first kappa shape index (κ1) is 23.3. The number of H-pyrrole nitrogens is 1. The van der Waals surface area contributed by atoms with Crippen molar-refractivity contribution in [1.29, 1.82) is 0 Å². The van der Waals surface area contributed by atoms with Crippen molar-refractivity contribution in [3.05, 3.63) is 59.2 Å². The van der Waals surface area contributed by atoms with Crippen LogP contribution in [0.2, 0.25) is 5.02 Å². The summed E-state index contributed by atoms with van der Waals surface area (Å²) in [6.45, 7) is 1.61. The molecule has 2 aromatic carbocycles. The summed E-state index contributed by atoms with van der Waals surface area (Å²) in [5.41, 5.74) is -0.946. The largest absolute Gasteiger partial charge is 0.442 e. The van der Waals surface area contributed by atoms with Crippen LogP contribution in [0.5, 0.6) is 0 Å². The minimum Gasteiger partial charge on any atom is -0.359 e. The van der Waals surface area contributed by atoms with E-state index in [-0.39, 0.29) is 17.8 Å². The zero-order valence-corrected chi connectivity index (χ0v) is 18.4. The van der Waals surface area contributed by atoms with E-state index in [0.29, 0.717) is 22.8 Å². The van der Waals surface area contributed by atoms with Gasteiger partial charge in [-0.15, -0.1) is 0 Å². The maximum absolute atomic E-state index is 12.3. The molecule has 4 nitrogen and oxygen atoms in total. The fourth-order valence-electron chi connectivity index (χ4n) is 3.28. The standard InChI is InChI=1S/C22H23ClF3N3OS/c1-14(31-22(24,25)26)4-2-3-5-15-6-9-17(10-7-15)28-21(30)29-20-13-27-19-11-8-16(23)12-18(19)20/h6-14,27H,2-5H2,1H3,(H2,28,29,30). The number of thioether (sulfide) groups is 1. The number of rotatable bonds is 8. The highest BCUT2D eigenvalue weighted by Gasteiger charge is 2.30. The van der Waals surface area contributed by atoms with Crippen LogP contribution in [0, 0.1) is 0 Å². The van der Waals surface area contributed by atoms with E-state index in [2.05, 4.69) is 15.6 Å². The van der Waals surface area contributed by atoms with E-state index in [1.807, 2.05) is 30.3 Å². The number of hydrogen-bond acceptors (Lipinski definition) is 2.